The molecule has 0 saturated heterocycles. The summed E-state index contributed by atoms with van der Waals surface area (Å²) >= 11 is 5.85. The summed E-state index contributed by atoms with van der Waals surface area (Å²) in [5.74, 6) is 0. The van der Waals surface area contributed by atoms with Crippen molar-refractivity contribution < 1.29 is 4.92 Å². The lowest BCUT2D eigenvalue weighted by Gasteiger charge is -2.16. The Labute approximate surface area is 120 Å². The Hall–Kier alpha value is -2.20. The van der Waals surface area contributed by atoms with Gasteiger partial charge in [0.15, 0.2) is 0 Å². The molecule has 0 saturated carbocycles. The minimum atomic E-state index is -0.471. The third-order valence-corrected chi connectivity index (χ3v) is 3.66. The van der Waals surface area contributed by atoms with Crippen LogP contribution in [-0.4, -0.2) is 17.2 Å². The largest absolute Gasteiger partial charge is 0.288 e. The predicted octanol–water partition coefficient (Wildman–Crippen LogP) is 3.64. The standard InChI is InChI=1S/C15H11ClN2O2/c16-13-6-5-11(9-14(13)18(19)20)15-12-4-2-1-3-10(12)7-8-17-15/h1-6,9H,7-8H2. The van der Waals surface area contributed by atoms with E-state index in [0.717, 1.165) is 23.3 Å². The first kappa shape index (κ1) is 12.8. The van der Waals surface area contributed by atoms with Crippen LogP contribution in [0.4, 0.5) is 5.69 Å². The number of fused-ring (bicyclic) bond motifs is 1. The van der Waals surface area contributed by atoms with Crippen LogP contribution in [0.2, 0.25) is 5.02 Å². The fourth-order valence-electron chi connectivity index (χ4n) is 2.39. The maximum atomic E-state index is 11.0. The monoisotopic (exact) mass is 286 g/mol. The van der Waals surface area contributed by atoms with Crippen LogP contribution in [0.3, 0.4) is 0 Å². The maximum absolute atomic E-state index is 11.0. The quantitative estimate of drug-likeness (QED) is 0.625. The molecule has 0 aliphatic carbocycles. The normalized spacial score (nSPS) is 13.6. The van der Waals surface area contributed by atoms with Crippen molar-refractivity contribution in [1.29, 1.82) is 0 Å². The van der Waals surface area contributed by atoms with E-state index in [-0.39, 0.29) is 10.7 Å². The van der Waals surface area contributed by atoms with Crippen molar-refractivity contribution in [1.82, 2.24) is 0 Å². The van der Waals surface area contributed by atoms with Crippen LogP contribution in [0.5, 0.6) is 0 Å². The minimum Gasteiger partial charge on any atom is -0.284 e. The number of aliphatic imine (C=N–C) groups is 1. The van der Waals surface area contributed by atoms with E-state index in [1.807, 2.05) is 18.2 Å². The van der Waals surface area contributed by atoms with Gasteiger partial charge in [-0.1, -0.05) is 41.9 Å². The zero-order valence-electron chi connectivity index (χ0n) is 10.5. The fourth-order valence-corrected chi connectivity index (χ4v) is 2.58. The molecule has 100 valence electrons. The molecule has 0 fully saturated rings. The van der Waals surface area contributed by atoms with Gasteiger partial charge in [-0.2, -0.15) is 0 Å². The lowest BCUT2D eigenvalue weighted by Crippen LogP contribution is -2.14. The molecule has 3 rings (SSSR count). The summed E-state index contributed by atoms with van der Waals surface area (Å²) in [4.78, 5) is 15.0. The smallest absolute Gasteiger partial charge is 0.284 e. The first-order chi connectivity index (χ1) is 9.66. The summed E-state index contributed by atoms with van der Waals surface area (Å²) in [5, 5.41) is 11.1. The average molecular weight is 287 g/mol. The van der Waals surface area contributed by atoms with Gasteiger partial charge in [0.05, 0.1) is 10.6 Å². The molecule has 2 aromatic carbocycles. The molecule has 20 heavy (non-hydrogen) atoms. The number of rotatable bonds is 2. The predicted molar refractivity (Wildman–Crippen MR) is 78.8 cm³/mol. The van der Waals surface area contributed by atoms with Crippen LogP contribution in [0.1, 0.15) is 16.7 Å². The van der Waals surface area contributed by atoms with E-state index in [2.05, 4.69) is 11.1 Å². The Morgan fingerprint density at radius 3 is 2.80 bits per heavy atom. The SMILES string of the molecule is O=[N+]([O-])c1cc(C2=NCCc3ccccc32)ccc1Cl. The number of nitro groups is 1. The molecular formula is C15H11ClN2O2. The zero-order chi connectivity index (χ0) is 14.1. The summed E-state index contributed by atoms with van der Waals surface area (Å²) in [6.45, 7) is 0.697. The van der Waals surface area contributed by atoms with Gasteiger partial charge in [0.2, 0.25) is 0 Å². The van der Waals surface area contributed by atoms with Crippen molar-refractivity contribution >= 4 is 23.0 Å². The lowest BCUT2D eigenvalue weighted by atomic mass is 9.93. The van der Waals surface area contributed by atoms with Crippen LogP contribution >= 0.6 is 11.6 Å². The minimum absolute atomic E-state index is 0.0880. The van der Waals surface area contributed by atoms with Crippen LogP contribution in [0, 0.1) is 10.1 Å². The lowest BCUT2D eigenvalue weighted by molar-refractivity contribution is -0.384. The molecule has 5 heteroatoms. The highest BCUT2D eigenvalue weighted by Gasteiger charge is 2.19. The average Bonchev–Trinajstić information content (AvgIpc) is 2.47. The number of nitro benzene ring substituents is 1. The van der Waals surface area contributed by atoms with Gasteiger partial charge in [-0.25, -0.2) is 0 Å². The molecule has 0 spiro atoms. The van der Waals surface area contributed by atoms with Crippen molar-refractivity contribution in [2.75, 3.05) is 6.54 Å². The molecule has 4 nitrogen and oxygen atoms in total. The van der Waals surface area contributed by atoms with Gasteiger partial charge in [0, 0.05) is 23.7 Å². The molecule has 1 heterocycles. The van der Waals surface area contributed by atoms with Crippen LogP contribution in [0.15, 0.2) is 47.5 Å². The molecule has 0 amide bonds. The second-order valence-corrected chi connectivity index (χ2v) is 4.97. The highest BCUT2D eigenvalue weighted by Crippen LogP contribution is 2.28. The fraction of sp³-hybridized carbons (Fsp3) is 0.133. The van der Waals surface area contributed by atoms with Gasteiger partial charge in [-0.15, -0.1) is 0 Å². The topological polar surface area (TPSA) is 55.5 Å². The Morgan fingerprint density at radius 2 is 2.00 bits per heavy atom. The third-order valence-electron chi connectivity index (χ3n) is 3.34. The van der Waals surface area contributed by atoms with Gasteiger partial charge < -0.3 is 0 Å². The van der Waals surface area contributed by atoms with Crippen LogP contribution < -0.4 is 0 Å². The van der Waals surface area contributed by atoms with Crippen molar-refractivity contribution in [3.8, 4) is 0 Å². The molecule has 0 aromatic heterocycles. The summed E-state index contributed by atoms with van der Waals surface area (Å²) < 4.78 is 0. The Morgan fingerprint density at radius 1 is 1.20 bits per heavy atom. The van der Waals surface area contributed by atoms with Gasteiger partial charge in [-0.3, -0.25) is 15.1 Å². The van der Waals surface area contributed by atoms with Crippen LogP contribution in [0.25, 0.3) is 0 Å². The number of hydrogen-bond acceptors (Lipinski definition) is 3. The molecule has 0 bridgehead atoms. The number of halogens is 1. The molecular weight excluding hydrogens is 276 g/mol. The Balaban J connectivity index is 2.12. The molecule has 0 unspecified atom stereocenters. The van der Waals surface area contributed by atoms with Crippen molar-refractivity contribution in [3.05, 3.63) is 74.3 Å². The number of hydrogen-bond donors (Lipinski definition) is 0. The van der Waals surface area contributed by atoms with Crippen LogP contribution in [-0.2, 0) is 6.42 Å². The second kappa shape index (κ2) is 5.06. The summed E-state index contributed by atoms with van der Waals surface area (Å²) in [6.07, 6.45) is 0.898. The third kappa shape index (κ3) is 2.18. The van der Waals surface area contributed by atoms with E-state index in [9.17, 15) is 10.1 Å². The molecule has 1 aliphatic rings. The molecule has 1 aliphatic heterocycles. The van der Waals surface area contributed by atoms with E-state index >= 15 is 0 Å². The number of nitrogens with zero attached hydrogens (tertiary/aromatic N) is 2. The van der Waals surface area contributed by atoms with E-state index in [0.29, 0.717) is 6.54 Å². The highest BCUT2D eigenvalue weighted by molar-refractivity contribution is 6.33. The van der Waals surface area contributed by atoms with E-state index in [4.69, 9.17) is 11.6 Å². The Bertz CT molecular complexity index is 726. The first-order valence-corrected chi connectivity index (χ1v) is 6.61. The maximum Gasteiger partial charge on any atom is 0.288 e. The molecule has 0 radical (unpaired) electrons. The van der Waals surface area contributed by atoms with E-state index in [1.54, 1.807) is 12.1 Å². The van der Waals surface area contributed by atoms with Crippen molar-refractivity contribution in [3.63, 3.8) is 0 Å². The number of benzene rings is 2. The van der Waals surface area contributed by atoms with Crippen molar-refractivity contribution in [2.45, 2.75) is 6.42 Å². The van der Waals surface area contributed by atoms with Gasteiger partial charge in [-0.05, 0) is 18.1 Å². The second-order valence-electron chi connectivity index (χ2n) is 4.56. The van der Waals surface area contributed by atoms with Gasteiger partial charge in [0.1, 0.15) is 5.02 Å². The van der Waals surface area contributed by atoms with E-state index in [1.165, 1.54) is 11.6 Å². The highest BCUT2D eigenvalue weighted by atomic mass is 35.5. The molecule has 2 aromatic rings. The first-order valence-electron chi connectivity index (χ1n) is 6.24. The molecule has 0 N–H and O–H groups in total. The molecule has 0 atom stereocenters. The van der Waals surface area contributed by atoms with E-state index < -0.39 is 4.92 Å². The summed E-state index contributed by atoms with van der Waals surface area (Å²) in [7, 11) is 0. The summed E-state index contributed by atoms with van der Waals surface area (Å²) in [6, 6.07) is 12.8. The Kier molecular flexibility index (Phi) is 3.24. The van der Waals surface area contributed by atoms with Crippen molar-refractivity contribution in [2.24, 2.45) is 4.99 Å². The van der Waals surface area contributed by atoms with Gasteiger partial charge in [0.25, 0.3) is 5.69 Å². The zero-order valence-corrected chi connectivity index (χ0v) is 11.3. The van der Waals surface area contributed by atoms with Gasteiger partial charge >= 0.3 is 0 Å². The summed E-state index contributed by atoms with van der Waals surface area (Å²) in [5.41, 5.74) is 3.69.